The number of amides is 1. The second kappa shape index (κ2) is 7.47. The van der Waals surface area contributed by atoms with Gasteiger partial charge in [-0.1, -0.05) is 30.3 Å². The van der Waals surface area contributed by atoms with Crippen LogP contribution in [0.15, 0.2) is 84.9 Å². The first-order valence-corrected chi connectivity index (χ1v) is 9.38. The first-order chi connectivity index (χ1) is 13.2. The summed E-state index contributed by atoms with van der Waals surface area (Å²) in [6.07, 6.45) is 1.34. The summed E-state index contributed by atoms with van der Waals surface area (Å²) in [5, 5.41) is 0. The molecule has 134 valence electrons. The van der Waals surface area contributed by atoms with Gasteiger partial charge in [0.05, 0.1) is 4.91 Å². The molecule has 0 saturated carbocycles. The number of para-hydroxylation sites is 3. The highest BCUT2D eigenvalue weighted by molar-refractivity contribution is 7.93. The van der Waals surface area contributed by atoms with E-state index in [2.05, 4.69) is 4.72 Å². The Morgan fingerprint density at radius 1 is 0.704 bits per heavy atom. The van der Waals surface area contributed by atoms with Gasteiger partial charge in [-0.3, -0.25) is 9.52 Å². The lowest BCUT2D eigenvalue weighted by atomic mass is 10.2. The van der Waals surface area contributed by atoms with Crippen molar-refractivity contribution in [2.45, 2.75) is 0 Å². The van der Waals surface area contributed by atoms with Crippen LogP contribution in [0.25, 0.3) is 4.91 Å². The maximum atomic E-state index is 11.8. The quantitative estimate of drug-likeness (QED) is 0.715. The Hall–Kier alpha value is -3.38. The highest BCUT2D eigenvalue weighted by atomic mass is 32.2. The van der Waals surface area contributed by atoms with Crippen molar-refractivity contribution >= 4 is 21.8 Å². The predicted molar refractivity (Wildman–Crippen MR) is 104 cm³/mol. The van der Waals surface area contributed by atoms with Crippen LogP contribution in [0.2, 0.25) is 0 Å². The van der Waals surface area contributed by atoms with Gasteiger partial charge in [-0.15, -0.1) is 0 Å². The third-order valence-electron chi connectivity index (χ3n) is 3.84. The van der Waals surface area contributed by atoms with E-state index < -0.39 is 11.0 Å². The van der Waals surface area contributed by atoms with Crippen molar-refractivity contribution in [2.24, 2.45) is 0 Å². The first kappa shape index (κ1) is 17.1. The monoisotopic (exact) mass is 377 g/mol. The Labute approximate surface area is 158 Å². The lowest BCUT2D eigenvalue weighted by molar-refractivity contribution is -0.114. The van der Waals surface area contributed by atoms with Crippen LogP contribution in [0, 0.1) is 0 Å². The molecular weight excluding hydrogens is 362 g/mol. The van der Waals surface area contributed by atoms with E-state index in [-0.39, 0.29) is 5.91 Å². The molecule has 1 amide bonds. The van der Waals surface area contributed by atoms with Crippen LogP contribution in [0.3, 0.4) is 0 Å². The zero-order valence-corrected chi connectivity index (χ0v) is 14.9. The van der Waals surface area contributed by atoms with Gasteiger partial charge in [-0.25, -0.2) is 4.21 Å². The SMILES string of the molecule is O=C1C=C(c2ccc(Oc3ccccc3Oc3ccccc3)cc2)S(=O)N1. The maximum Gasteiger partial charge on any atom is 0.257 e. The first-order valence-electron chi connectivity index (χ1n) is 8.23. The van der Waals surface area contributed by atoms with Crippen molar-refractivity contribution in [3.8, 4) is 23.0 Å². The van der Waals surface area contributed by atoms with Gasteiger partial charge >= 0.3 is 0 Å². The summed E-state index contributed by atoms with van der Waals surface area (Å²) in [6.45, 7) is 0. The molecule has 1 aliphatic rings. The van der Waals surface area contributed by atoms with E-state index in [4.69, 9.17) is 9.47 Å². The van der Waals surface area contributed by atoms with E-state index in [9.17, 15) is 9.00 Å². The van der Waals surface area contributed by atoms with E-state index in [0.717, 1.165) is 5.75 Å². The molecule has 0 aromatic heterocycles. The van der Waals surface area contributed by atoms with Gasteiger partial charge in [-0.05, 0) is 54.1 Å². The molecule has 0 radical (unpaired) electrons. The van der Waals surface area contributed by atoms with Crippen LogP contribution in [-0.4, -0.2) is 10.1 Å². The summed E-state index contributed by atoms with van der Waals surface area (Å²) < 4.78 is 26.0. The summed E-state index contributed by atoms with van der Waals surface area (Å²) in [5.41, 5.74) is 0.702. The Balaban J connectivity index is 1.54. The lowest BCUT2D eigenvalue weighted by Gasteiger charge is -2.12. The Morgan fingerprint density at radius 3 is 1.81 bits per heavy atom. The minimum atomic E-state index is -1.51. The van der Waals surface area contributed by atoms with Gasteiger partial charge in [0.2, 0.25) is 0 Å². The predicted octanol–water partition coefficient (Wildman–Crippen LogP) is 4.41. The van der Waals surface area contributed by atoms with E-state index >= 15 is 0 Å². The average molecular weight is 377 g/mol. The average Bonchev–Trinajstić information content (AvgIpc) is 3.03. The Bertz CT molecular complexity index is 1030. The fourth-order valence-electron chi connectivity index (χ4n) is 2.59. The van der Waals surface area contributed by atoms with E-state index in [1.165, 1.54) is 6.08 Å². The molecule has 0 bridgehead atoms. The van der Waals surface area contributed by atoms with Gasteiger partial charge in [0.15, 0.2) is 22.5 Å². The van der Waals surface area contributed by atoms with E-state index in [1.54, 1.807) is 24.3 Å². The van der Waals surface area contributed by atoms with E-state index in [0.29, 0.717) is 27.7 Å². The largest absolute Gasteiger partial charge is 0.453 e. The highest BCUT2D eigenvalue weighted by Crippen LogP contribution is 2.35. The molecule has 0 fully saturated rings. The molecule has 1 aliphatic heterocycles. The third-order valence-corrected chi connectivity index (χ3v) is 4.98. The lowest BCUT2D eigenvalue weighted by Crippen LogP contribution is -2.16. The maximum absolute atomic E-state index is 11.8. The minimum Gasteiger partial charge on any atom is -0.453 e. The molecule has 1 heterocycles. The minimum absolute atomic E-state index is 0.351. The molecule has 1 N–H and O–H groups in total. The van der Waals surface area contributed by atoms with Gasteiger partial charge < -0.3 is 9.47 Å². The second-order valence-corrected chi connectivity index (χ2v) is 6.91. The van der Waals surface area contributed by atoms with Crippen molar-refractivity contribution in [3.05, 3.63) is 90.5 Å². The van der Waals surface area contributed by atoms with Gasteiger partial charge in [0.25, 0.3) is 5.91 Å². The summed E-state index contributed by atoms with van der Waals surface area (Å²) in [4.78, 5) is 11.8. The van der Waals surface area contributed by atoms with Crippen molar-refractivity contribution in [1.29, 1.82) is 0 Å². The number of ether oxygens (including phenoxy) is 2. The molecule has 0 aliphatic carbocycles. The van der Waals surface area contributed by atoms with Crippen LogP contribution in [0.4, 0.5) is 0 Å². The molecule has 1 unspecified atom stereocenters. The summed E-state index contributed by atoms with van der Waals surface area (Å²) in [5.74, 6) is 2.15. The fraction of sp³-hybridized carbons (Fsp3) is 0. The van der Waals surface area contributed by atoms with Crippen molar-refractivity contribution in [3.63, 3.8) is 0 Å². The Kier molecular flexibility index (Phi) is 4.72. The summed E-state index contributed by atoms with van der Waals surface area (Å²) in [7, 11) is -1.51. The third kappa shape index (κ3) is 3.91. The molecule has 5 nitrogen and oxygen atoms in total. The van der Waals surface area contributed by atoms with Crippen LogP contribution < -0.4 is 14.2 Å². The van der Waals surface area contributed by atoms with Gasteiger partial charge in [-0.2, -0.15) is 0 Å². The topological polar surface area (TPSA) is 64.6 Å². The van der Waals surface area contributed by atoms with Crippen LogP contribution in [0.1, 0.15) is 5.56 Å². The molecule has 4 rings (SSSR count). The number of hydrogen-bond donors (Lipinski definition) is 1. The Morgan fingerprint density at radius 2 is 1.26 bits per heavy atom. The zero-order chi connectivity index (χ0) is 18.6. The van der Waals surface area contributed by atoms with Gasteiger partial charge in [0, 0.05) is 6.08 Å². The fourth-order valence-corrected chi connectivity index (χ4v) is 3.50. The molecule has 3 aromatic rings. The summed E-state index contributed by atoms with van der Waals surface area (Å²) in [6, 6.07) is 23.9. The molecule has 3 aromatic carbocycles. The molecule has 0 spiro atoms. The van der Waals surface area contributed by atoms with Crippen LogP contribution in [-0.2, 0) is 15.8 Å². The van der Waals surface area contributed by atoms with Crippen molar-refractivity contribution in [2.75, 3.05) is 0 Å². The molecular formula is C21H15NO4S. The number of nitrogens with one attached hydrogen (secondary N) is 1. The number of carbonyl (C=O) groups is 1. The van der Waals surface area contributed by atoms with Crippen LogP contribution in [0.5, 0.6) is 23.0 Å². The highest BCUT2D eigenvalue weighted by Gasteiger charge is 2.20. The zero-order valence-electron chi connectivity index (χ0n) is 14.1. The normalized spacial score (nSPS) is 15.8. The molecule has 1 atom stereocenters. The van der Waals surface area contributed by atoms with Crippen molar-refractivity contribution < 1.29 is 18.5 Å². The molecule has 0 saturated heterocycles. The van der Waals surface area contributed by atoms with E-state index in [1.807, 2.05) is 54.6 Å². The standard InChI is InChI=1S/C21H15NO4S/c23-21-14-20(27(24)22-21)15-10-12-17(13-11-15)26-19-9-5-4-8-18(19)25-16-6-2-1-3-7-16/h1-14H,(H,22,23). The van der Waals surface area contributed by atoms with Gasteiger partial charge in [0.1, 0.15) is 11.5 Å². The number of benzene rings is 3. The second-order valence-electron chi connectivity index (χ2n) is 5.73. The smallest absolute Gasteiger partial charge is 0.257 e. The van der Waals surface area contributed by atoms with Crippen LogP contribution >= 0.6 is 0 Å². The summed E-state index contributed by atoms with van der Waals surface area (Å²) >= 11 is 0. The molecule has 27 heavy (non-hydrogen) atoms. The van der Waals surface area contributed by atoms with Crippen molar-refractivity contribution in [1.82, 2.24) is 4.72 Å². The number of rotatable bonds is 5. The molecule has 6 heteroatoms. The number of hydrogen-bond acceptors (Lipinski definition) is 4. The number of carbonyl (C=O) groups excluding carboxylic acids is 1.